The largest absolute Gasteiger partial charge is 0.338 e. The number of nitrogens with one attached hydrogen (secondary N) is 1. The number of piperidine rings is 1. The van der Waals surface area contributed by atoms with E-state index in [0.29, 0.717) is 30.6 Å². The summed E-state index contributed by atoms with van der Waals surface area (Å²) in [7, 11) is 0. The van der Waals surface area contributed by atoms with Crippen LogP contribution in [0.15, 0.2) is 53.1 Å². The Morgan fingerprint density at radius 3 is 2.86 bits per heavy atom. The molecule has 0 spiro atoms. The third-order valence-corrected chi connectivity index (χ3v) is 4.87. The molecule has 3 aromatic rings. The number of rotatable bonds is 5. The van der Waals surface area contributed by atoms with Crippen molar-refractivity contribution in [2.45, 2.75) is 26.3 Å². The number of amides is 1. The lowest BCUT2D eigenvalue weighted by molar-refractivity contribution is -0.121. The molecule has 1 aromatic carbocycles. The maximum atomic E-state index is 12.6. The first-order valence-electron chi connectivity index (χ1n) is 9.52. The van der Waals surface area contributed by atoms with Crippen LogP contribution < -0.4 is 5.32 Å². The lowest BCUT2D eigenvalue weighted by Gasteiger charge is -2.30. The Hall–Kier alpha value is -3.06. The Morgan fingerprint density at radius 1 is 1.18 bits per heavy atom. The summed E-state index contributed by atoms with van der Waals surface area (Å²) in [5, 5.41) is 7.00. The number of aromatic nitrogens is 3. The van der Waals surface area contributed by atoms with Crippen LogP contribution >= 0.6 is 0 Å². The molecule has 3 heterocycles. The fraction of sp³-hybridized carbons (Fsp3) is 0.333. The lowest BCUT2D eigenvalue weighted by atomic mass is 9.97. The van der Waals surface area contributed by atoms with Crippen LogP contribution in [0.5, 0.6) is 0 Å². The van der Waals surface area contributed by atoms with E-state index in [0.717, 1.165) is 30.6 Å². The van der Waals surface area contributed by atoms with Crippen LogP contribution in [0.25, 0.3) is 11.4 Å². The van der Waals surface area contributed by atoms with Gasteiger partial charge in [0.05, 0.1) is 12.5 Å². The van der Waals surface area contributed by atoms with Gasteiger partial charge in [-0.1, -0.05) is 41.6 Å². The van der Waals surface area contributed by atoms with E-state index in [1.54, 1.807) is 0 Å². The highest BCUT2D eigenvalue weighted by atomic mass is 16.5. The number of likely N-dealkylation sites (tertiary alicyclic amines) is 1. The van der Waals surface area contributed by atoms with Gasteiger partial charge in [0.1, 0.15) is 5.82 Å². The highest BCUT2D eigenvalue weighted by Crippen LogP contribution is 2.21. The van der Waals surface area contributed by atoms with Crippen molar-refractivity contribution in [2.75, 3.05) is 18.4 Å². The summed E-state index contributed by atoms with van der Waals surface area (Å²) in [6, 6.07) is 15.4. The average Bonchev–Trinajstić information content (AvgIpc) is 3.17. The summed E-state index contributed by atoms with van der Waals surface area (Å²) in [5.74, 6) is 1.70. The summed E-state index contributed by atoms with van der Waals surface area (Å²) in [6.45, 7) is 4.04. The molecule has 1 fully saturated rings. The van der Waals surface area contributed by atoms with Gasteiger partial charge in [-0.05, 0) is 38.4 Å². The first kappa shape index (κ1) is 18.3. The van der Waals surface area contributed by atoms with Gasteiger partial charge in [0.15, 0.2) is 0 Å². The molecule has 7 nitrogen and oxygen atoms in total. The minimum Gasteiger partial charge on any atom is -0.338 e. The molecule has 2 aromatic heterocycles. The molecule has 1 saturated heterocycles. The van der Waals surface area contributed by atoms with E-state index in [1.165, 1.54) is 0 Å². The fourth-order valence-corrected chi connectivity index (χ4v) is 3.47. The lowest BCUT2D eigenvalue weighted by Crippen LogP contribution is -2.40. The average molecular weight is 377 g/mol. The molecule has 144 valence electrons. The monoisotopic (exact) mass is 377 g/mol. The molecule has 0 radical (unpaired) electrons. The van der Waals surface area contributed by atoms with Crippen molar-refractivity contribution in [3.63, 3.8) is 0 Å². The van der Waals surface area contributed by atoms with Gasteiger partial charge in [0.25, 0.3) is 0 Å². The Kier molecular flexibility index (Phi) is 5.43. The number of hydrogen-bond donors (Lipinski definition) is 1. The third-order valence-electron chi connectivity index (χ3n) is 4.87. The van der Waals surface area contributed by atoms with Crippen LogP contribution in [0.1, 0.15) is 24.4 Å². The second-order valence-corrected chi connectivity index (χ2v) is 7.11. The van der Waals surface area contributed by atoms with Gasteiger partial charge in [0.2, 0.25) is 17.6 Å². The van der Waals surface area contributed by atoms with E-state index < -0.39 is 0 Å². The summed E-state index contributed by atoms with van der Waals surface area (Å²) < 4.78 is 5.41. The highest BCUT2D eigenvalue weighted by molar-refractivity contribution is 5.91. The van der Waals surface area contributed by atoms with Crippen LogP contribution in [0.3, 0.4) is 0 Å². The molecule has 0 aliphatic carbocycles. The Labute approximate surface area is 163 Å². The molecule has 1 aliphatic rings. The zero-order valence-electron chi connectivity index (χ0n) is 15.8. The van der Waals surface area contributed by atoms with E-state index in [-0.39, 0.29) is 11.8 Å². The standard InChI is InChI=1S/C21H23N5O2/c1-15-7-5-11-18(22-15)23-21(27)17-10-6-12-26(13-17)14-19-24-20(25-28-19)16-8-3-2-4-9-16/h2-5,7-9,11,17H,6,10,12-14H2,1H3,(H,22,23,27). The fourth-order valence-electron chi connectivity index (χ4n) is 3.47. The Morgan fingerprint density at radius 2 is 2.04 bits per heavy atom. The van der Waals surface area contributed by atoms with Crippen molar-refractivity contribution in [2.24, 2.45) is 5.92 Å². The van der Waals surface area contributed by atoms with Gasteiger partial charge in [-0.15, -0.1) is 0 Å². The smallest absolute Gasteiger partial charge is 0.241 e. The van der Waals surface area contributed by atoms with Crippen LogP contribution in [0.4, 0.5) is 5.82 Å². The molecule has 1 aliphatic heterocycles. The number of carbonyl (C=O) groups is 1. The van der Waals surface area contributed by atoms with Crippen molar-refractivity contribution in [1.82, 2.24) is 20.0 Å². The van der Waals surface area contributed by atoms with Crippen molar-refractivity contribution in [3.05, 3.63) is 60.1 Å². The predicted octanol–water partition coefficient (Wildman–Crippen LogP) is 3.29. The molecule has 1 amide bonds. The molecular weight excluding hydrogens is 354 g/mol. The van der Waals surface area contributed by atoms with E-state index in [9.17, 15) is 4.79 Å². The molecule has 1 unspecified atom stereocenters. The first-order valence-corrected chi connectivity index (χ1v) is 9.52. The van der Waals surface area contributed by atoms with Gasteiger partial charge in [-0.25, -0.2) is 4.98 Å². The van der Waals surface area contributed by atoms with Gasteiger partial charge in [-0.3, -0.25) is 9.69 Å². The second kappa shape index (κ2) is 8.31. The molecule has 0 bridgehead atoms. The number of anilines is 1. The number of pyridine rings is 1. The van der Waals surface area contributed by atoms with E-state index in [4.69, 9.17) is 4.52 Å². The maximum absolute atomic E-state index is 12.6. The normalized spacial score (nSPS) is 17.4. The van der Waals surface area contributed by atoms with E-state index in [1.807, 2.05) is 55.5 Å². The van der Waals surface area contributed by atoms with Gasteiger partial charge >= 0.3 is 0 Å². The number of carbonyl (C=O) groups excluding carboxylic acids is 1. The van der Waals surface area contributed by atoms with Crippen molar-refractivity contribution in [1.29, 1.82) is 0 Å². The van der Waals surface area contributed by atoms with Crippen LogP contribution in [-0.2, 0) is 11.3 Å². The predicted molar refractivity (Wildman–Crippen MR) is 105 cm³/mol. The molecular formula is C21H23N5O2. The van der Waals surface area contributed by atoms with Crippen molar-refractivity contribution in [3.8, 4) is 11.4 Å². The molecule has 1 atom stereocenters. The summed E-state index contributed by atoms with van der Waals surface area (Å²) in [5.41, 5.74) is 1.81. The van der Waals surface area contributed by atoms with Gasteiger partial charge < -0.3 is 9.84 Å². The quantitative estimate of drug-likeness (QED) is 0.734. The summed E-state index contributed by atoms with van der Waals surface area (Å²) >= 11 is 0. The Balaban J connectivity index is 1.36. The summed E-state index contributed by atoms with van der Waals surface area (Å²) in [6.07, 6.45) is 1.83. The number of benzene rings is 1. The maximum Gasteiger partial charge on any atom is 0.241 e. The van der Waals surface area contributed by atoms with Gasteiger partial charge in [-0.2, -0.15) is 4.98 Å². The molecule has 7 heteroatoms. The molecule has 0 saturated carbocycles. The van der Waals surface area contributed by atoms with E-state index >= 15 is 0 Å². The summed E-state index contributed by atoms with van der Waals surface area (Å²) in [4.78, 5) is 23.7. The Bertz CT molecular complexity index is 941. The first-order chi connectivity index (χ1) is 13.7. The molecule has 28 heavy (non-hydrogen) atoms. The SMILES string of the molecule is Cc1cccc(NC(=O)C2CCCN(Cc3nc(-c4ccccc4)no3)C2)n1. The zero-order chi connectivity index (χ0) is 19.3. The number of hydrogen-bond acceptors (Lipinski definition) is 6. The van der Waals surface area contributed by atoms with E-state index in [2.05, 4.69) is 25.3 Å². The number of nitrogens with zero attached hydrogens (tertiary/aromatic N) is 4. The molecule has 4 rings (SSSR count). The minimum atomic E-state index is -0.0763. The molecule has 1 N–H and O–H groups in total. The minimum absolute atomic E-state index is 0.0123. The van der Waals surface area contributed by atoms with Crippen LogP contribution in [-0.4, -0.2) is 39.0 Å². The third kappa shape index (κ3) is 4.43. The van der Waals surface area contributed by atoms with Crippen LogP contribution in [0.2, 0.25) is 0 Å². The second-order valence-electron chi connectivity index (χ2n) is 7.11. The van der Waals surface area contributed by atoms with Gasteiger partial charge in [0, 0.05) is 17.8 Å². The topological polar surface area (TPSA) is 84.2 Å². The van der Waals surface area contributed by atoms with Crippen molar-refractivity contribution >= 4 is 11.7 Å². The number of aryl methyl sites for hydroxylation is 1. The highest BCUT2D eigenvalue weighted by Gasteiger charge is 2.27. The zero-order valence-corrected chi connectivity index (χ0v) is 15.8. The van der Waals surface area contributed by atoms with Crippen LogP contribution in [0, 0.1) is 12.8 Å². The van der Waals surface area contributed by atoms with Crippen molar-refractivity contribution < 1.29 is 9.32 Å².